The molecule has 280 valence electrons. The molecule has 1 aliphatic heterocycles. The summed E-state index contributed by atoms with van der Waals surface area (Å²) in [5, 5.41) is 2.53. The molecule has 0 radical (unpaired) electrons. The Morgan fingerprint density at radius 3 is 1.78 bits per heavy atom. The van der Waals surface area contributed by atoms with Crippen LogP contribution in [0.1, 0.15) is 54.7 Å². The first-order chi connectivity index (χ1) is 28.6. The van der Waals surface area contributed by atoms with Gasteiger partial charge in [-0.3, -0.25) is 0 Å². The van der Waals surface area contributed by atoms with Crippen LogP contribution in [-0.4, -0.2) is 0 Å². The number of rotatable bonds is 6. The van der Waals surface area contributed by atoms with Gasteiger partial charge < -0.3 is 4.90 Å². The van der Waals surface area contributed by atoms with Crippen molar-refractivity contribution in [3.05, 3.63) is 235 Å². The van der Waals surface area contributed by atoms with E-state index in [1.54, 1.807) is 0 Å². The Morgan fingerprint density at radius 1 is 0.448 bits per heavy atom. The van der Waals surface area contributed by atoms with Gasteiger partial charge in [-0.15, -0.1) is 0 Å². The lowest BCUT2D eigenvalue weighted by molar-refractivity contribution is 0.448. The van der Waals surface area contributed by atoms with Crippen LogP contribution in [-0.2, 0) is 0 Å². The largest absolute Gasteiger partial charge is 0.314 e. The van der Waals surface area contributed by atoms with E-state index in [1.165, 1.54) is 83.5 Å². The SMILES string of the molecule is CC1CC(c2ccccc2)CC2C=C(c3ccccc3)C=C(C2)N(c2ccc(-c3ccc(-c4cccc(-c5ccc6ccccc6c5)c4)cc3)cc2)c2ccccc21. The molecule has 1 nitrogen and oxygen atoms in total. The predicted molar refractivity (Wildman–Crippen MR) is 246 cm³/mol. The third kappa shape index (κ3) is 7.21. The maximum absolute atomic E-state index is 2.56. The van der Waals surface area contributed by atoms with Crippen LogP contribution in [0, 0.1) is 5.92 Å². The average molecular weight is 746 g/mol. The third-order valence-corrected chi connectivity index (χ3v) is 12.4. The molecule has 10 rings (SSSR count). The Labute approximate surface area is 343 Å². The molecule has 0 aromatic heterocycles. The fourth-order valence-corrected chi connectivity index (χ4v) is 9.47. The van der Waals surface area contributed by atoms with Crippen LogP contribution >= 0.6 is 0 Å². The highest BCUT2D eigenvalue weighted by molar-refractivity contribution is 5.88. The van der Waals surface area contributed by atoms with E-state index in [2.05, 4.69) is 224 Å². The molecule has 0 saturated heterocycles. The molecular weight excluding hydrogens is 699 g/mol. The van der Waals surface area contributed by atoms with Gasteiger partial charge in [0.1, 0.15) is 0 Å². The van der Waals surface area contributed by atoms with Gasteiger partial charge >= 0.3 is 0 Å². The molecule has 0 amide bonds. The van der Waals surface area contributed by atoms with Crippen molar-refractivity contribution in [3.8, 4) is 33.4 Å². The van der Waals surface area contributed by atoms with Gasteiger partial charge in [-0.05, 0) is 140 Å². The summed E-state index contributed by atoms with van der Waals surface area (Å²) in [7, 11) is 0. The van der Waals surface area contributed by atoms with Gasteiger partial charge in [0.15, 0.2) is 0 Å². The van der Waals surface area contributed by atoms with Crippen LogP contribution in [0.25, 0.3) is 49.7 Å². The lowest BCUT2D eigenvalue weighted by atomic mass is 9.76. The Kier molecular flexibility index (Phi) is 9.65. The van der Waals surface area contributed by atoms with E-state index < -0.39 is 0 Å². The Hall–Kier alpha value is -6.70. The second kappa shape index (κ2) is 15.7. The van der Waals surface area contributed by atoms with Crippen LogP contribution in [0.15, 0.2) is 218 Å². The van der Waals surface area contributed by atoms with Gasteiger partial charge in [-0.25, -0.2) is 0 Å². The van der Waals surface area contributed by atoms with E-state index in [9.17, 15) is 0 Å². The van der Waals surface area contributed by atoms with Gasteiger partial charge in [0.05, 0.1) is 0 Å². The van der Waals surface area contributed by atoms with Gasteiger partial charge in [-0.2, -0.15) is 0 Å². The minimum absolute atomic E-state index is 0.395. The number of benzene rings is 8. The second-order valence-electron chi connectivity index (χ2n) is 16.2. The maximum atomic E-state index is 2.56. The summed E-state index contributed by atoms with van der Waals surface area (Å²) in [5.41, 5.74) is 16.6. The highest BCUT2D eigenvalue weighted by atomic mass is 15.2. The van der Waals surface area contributed by atoms with E-state index >= 15 is 0 Å². The molecule has 0 saturated carbocycles. The summed E-state index contributed by atoms with van der Waals surface area (Å²) in [5.74, 6) is 1.30. The van der Waals surface area contributed by atoms with Crippen LogP contribution in [0.3, 0.4) is 0 Å². The number of nitrogens with zero attached hydrogens (tertiary/aromatic N) is 1. The fourth-order valence-electron chi connectivity index (χ4n) is 9.47. The monoisotopic (exact) mass is 745 g/mol. The lowest BCUT2D eigenvalue weighted by Gasteiger charge is -2.37. The Morgan fingerprint density at radius 2 is 1.02 bits per heavy atom. The molecule has 3 atom stereocenters. The first-order valence-corrected chi connectivity index (χ1v) is 20.8. The zero-order valence-electron chi connectivity index (χ0n) is 33.0. The van der Waals surface area contributed by atoms with E-state index in [1.807, 2.05) is 0 Å². The van der Waals surface area contributed by atoms with Crippen molar-refractivity contribution >= 4 is 27.7 Å². The van der Waals surface area contributed by atoms with E-state index in [-0.39, 0.29) is 0 Å². The van der Waals surface area contributed by atoms with Gasteiger partial charge in [0.25, 0.3) is 0 Å². The number of allylic oxidation sites excluding steroid dienone is 4. The molecule has 1 aliphatic carbocycles. The van der Waals surface area contributed by atoms with Crippen molar-refractivity contribution in [1.82, 2.24) is 0 Å². The Bertz CT molecular complexity index is 2760. The zero-order chi connectivity index (χ0) is 38.8. The van der Waals surface area contributed by atoms with Crippen molar-refractivity contribution < 1.29 is 0 Å². The molecule has 58 heavy (non-hydrogen) atoms. The van der Waals surface area contributed by atoms with E-state index in [4.69, 9.17) is 0 Å². The molecule has 0 N–H and O–H groups in total. The lowest BCUT2D eigenvalue weighted by Crippen LogP contribution is -2.25. The van der Waals surface area contributed by atoms with Crippen LogP contribution < -0.4 is 4.90 Å². The normalized spacial score (nSPS) is 17.9. The summed E-state index contributed by atoms with van der Waals surface area (Å²) >= 11 is 0. The number of anilines is 2. The van der Waals surface area contributed by atoms with E-state index in [0.717, 1.165) is 19.3 Å². The van der Waals surface area contributed by atoms with Crippen molar-refractivity contribution in [3.63, 3.8) is 0 Å². The summed E-state index contributed by atoms with van der Waals surface area (Å²) in [4.78, 5) is 2.56. The average Bonchev–Trinajstić information content (AvgIpc) is 3.29. The molecule has 1 heteroatoms. The molecule has 2 aliphatic rings. The molecular formula is C57H47N. The molecule has 1 heterocycles. The van der Waals surface area contributed by atoms with Crippen molar-refractivity contribution in [1.29, 1.82) is 0 Å². The number of para-hydroxylation sites is 1. The molecule has 8 aromatic rings. The second-order valence-corrected chi connectivity index (χ2v) is 16.2. The topological polar surface area (TPSA) is 3.24 Å². The van der Waals surface area contributed by atoms with Gasteiger partial charge in [0.2, 0.25) is 0 Å². The number of hydrogen-bond donors (Lipinski definition) is 0. The van der Waals surface area contributed by atoms with Crippen LogP contribution in [0.5, 0.6) is 0 Å². The summed E-state index contributed by atoms with van der Waals surface area (Å²) in [6, 6.07) is 73.8. The first kappa shape index (κ1) is 35.7. The molecule has 3 unspecified atom stereocenters. The van der Waals surface area contributed by atoms with Gasteiger partial charge in [0, 0.05) is 17.1 Å². The summed E-state index contributed by atoms with van der Waals surface area (Å²) in [6.45, 7) is 2.43. The highest BCUT2D eigenvalue weighted by Crippen LogP contribution is 2.47. The number of fused-ring (bicyclic) bond motifs is 4. The summed E-state index contributed by atoms with van der Waals surface area (Å²) in [6.07, 6.45) is 8.24. The molecule has 2 bridgehead atoms. The quantitative estimate of drug-likeness (QED) is 0.164. The minimum Gasteiger partial charge on any atom is -0.314 e. The molecule has 0 fully saturated rings. The van der Waals surface area contributed by atoms with Crippen LogP contribution in [0.2, 0.25) is 0 Å². The molecule has 8 aromatic carbocycles. The standard InChI is InChI=1S/C57H47N/c1-40-33-52(42-13-4-2-5-14-42)34-41-35-53(43-15-6-3-7-16-43)39-55(36-41)58(57-22-11-10-21-56(40)57)54-31-29-46(30-32-54)45-23-25-47(26-24-45)49-19-12-20-50(37-49)51-28-27-44-17-8-9-18-48(44)38-51/h2-32,35,37-41,52H,33-34,36H2,1H3. The van der Waals surface area contributed by atoms with Crippen molar-refractivity contribution in [2.45, 2.75) is 38.0 Å². The van der Waals surface area contributed by atoms with Crippen molar-refractivity contribution in [2.75, 3.05) is 4.90 Å². The highest BCUT2D eigenvalue weighted by Gasteiger charge is 2.30. The first-order valence-electron chi connectivity index (χ1n) is 20.8. The maximum Gasteiger partial charge on any atom is 0.0493 e. The number of hydrogen-bond acceptors (Lipinski definition) is 1. The summed E-state index contributed by atoms with van der Waals surface area (Å²) < 4.78 is 0. The van der Waals surface area contributed by atoms with Crippen molar-refractivity contribution in [2.24, 2.45) is 5.92 Å². The van der Waals surface area contributed by atoms with Crippen LogP contribution in [0.4, 0.5) is 11.4 Å². The zero-order valence-corrected chi connectivity index (χ0v) is 33.0. The minimum atomic E-state index is 0.395. The van der Waals surface area contributed by atoms with E-state index in [0.29, 0.717) is 17.8 Å². The smallest absolute Gasteiger partial charge is 0.0493 e. The predicted octanol–water partition coefficient (Wildman–Crippen LogP) is 15.6. The third-order valence-electron chi connectivity index (χ3n) is 12.4. The molecule has 0 spiro atoms. The fraction of sp³-hybridized carbons (Fsp3) is 0.123. The Balaban J connectivity index is 0.982. The van der Waals surface area contributed by atoms with Gasteiger partial charge in [-0.1, -0.05) is 183 Å².